The standard InChI is InChI=1S/C30H40NO8P/c1-6-37-30(35)23(5)38-40(36,39-26-11-8-7-9-12-26)18-16-31-29(34)22(4)24-14-15-25(19-21(2)3)27(20-24)28(33)13-10-17-32/h7-9,11-12,14-15,17,20-23H,6,10,13,16,18-19H2,1-5H3,(H,31,34)/t22?,23-,40?/m0/s1. The second-order valence-electron chi connectivity index (χ2n) is 9.89. The van der Waals surface area contributed by atoms with Gasteiger partial charge < -0.3 is 19.4 Å². The predicted molar refractivity (Wildman–Crippen MR) is 153 cm³/mol. The van der Waals surface area contributed by atoms with E-state index in [1.54, 1.807) is 50.2 Å². The minimum absolute atomic E-state index is 0.0423. The van der Waals surface area contributed by atoms with Gasteiger partial charge in [0.05, 0.1) is 18.7 Å². The highest BCUT2D eigenvalue weighted by Gasteiger charge is 2.32. The van der Waals surface area contributed by atoms with Gasteiger partial charge in [0.1, 0.15) is 12.0 Å². The molecule has 0 spiro atoms. The fraction of sp³-hybridized carbons (Fsp3) is 0.467. The average Bonchev–Trinajstić information content (AvgIpc) is 2.91. The van der Waals surface area contributed by atoms with Crippen LogP contribution in [0.4, 0.5) is 0 Å². The first-order chi connectivity index (χ1) is 19.0. The van der Waals surface area contributed by atoms with Crippen molar-refractivity contribution < 1.29 is 37.5 Å². The van der Waals surface area contributed by atoms with Crippen molar-refractivity contribution in [1.29, 1.82) is 0 Å². The molecule has 0 heterocycles. The van der Waals surface area contributed by atoms with Crippen LogP contribution in [0.2, 0.25) is 0 Å². The van der Waals surface area contributed by atoms with Crippen molar-refractivity contribution in [1.82, 2.24) is 5.32 Å². The molecule has 0 bridgehead atoms. The van der Waals surface area contributed by atoms with E-state index in [1.165, 1.54) is 6.92 Å². The van der Waals surface area contributed by atoms with Crippen LogP contribution in [0.5, 0.6) is 5.75 Å². The number of carbonyl (C=O) groups excluding carboxylic acids is 4. The van der Waals surface area contributed by atoms with Crippen LogP contribution in [0.1, 0.15) is 74.9 Å². The predicted octanol–water partition coefficient (Wildman–Crippen LogP) is 5.51. The second kappa shape index (κ2) is 16.1. The van der Waals surface area contributed by atoms with Crippen LogP contribution in [0, 0.1) is 5.92 Å². The van der Waals surface area contributed by atoms with Gasteiger partial charge >= 0.3 is 13.6 Å². The largest absolute Gasteiger partial charge is 0.464 e. The van der Waals surface area contributed by atoms with Gasteiger partial charge in [-0.15, -0.1) is 0 Å². The van der Waals surface area contributed by atoms with Gasteiger partial charge in [-0.2, -0.15) is 0 Å². The molecule has 2 unspecified atom stereocenters. The van der Waals surface area contributed by atoms with Gasteiger partial charge in [-0.25, -0.2) is 9.36 Å². The van der Waals surface area contributed by atoms with E-state index in [2.05, 4.69) is 19.2 Å². The Morgan fingerprint density at radius 3 is 2.35 bits per heavy atom. The Bertz CT molecular complexity index is 1200. The number of para-hydroxylation sites is 1. The van der Waals surface area contributed by atoms with E-state index in [1.807, 2.05) is 12.1 Å². The summed E-state index contributed by atoms with van der Waals surface area (Å²) in [5.41, 5.74) is 2.05. The number of rotatable bonds is 17. The third kappa shape index (κ3) is 10.4. The van der Waals surface area contributed by atoms with Crippen molar-refractivity contribution in [3.63, 3.8) is 0 Å². The number of Topliss-reactive ketones (excluding diaryl/α,β-unsaturated/α-hetero) is 1. The highest BCUT2D eigenvalue weighted by Crippen LogP contribution is 2.49. The quantitative estimate of drug-likeness (QED) is 0.114. The Labute approximate surface area is 236 Å². The second-order valence-corrected chi connectivity index (χ2v) is 12.0. The number of ether oxygens (including phenoxy) is 1. The fourth-order valence-corrected chi connectivity index (χ4v) is 5.63. The maximum atomic E-state index is 13.6. The lowest BCUT2D eigenvalue weighted by molar-refractivity contribution is -0.150. The molecule has 1 N–H and O–H groups in total. The number of nitrogens with one attached hydrogen (secondary N) is 1. The van der Waals surface area contributed by atoms with Crippen LogP contribution < -0.4 is 9.84 Å². The fourth-order valence-electron chi connectivity index (χ4n) is 3.99. The van der Waals surface area contributed by atoms with Crippen molar-refractivity contribution in [2.24, 2.45) is 5.92 Å². The molecule has 218 valence electrons. The van der Waals surface area contributed by atoms with Crippen LogP contribution in [0.3, 0.4) is 0 Å². The summed E-state index contributed by atoms with van der Waals surface area (Å²) < 4.78 is 29.7. The van der Waals surface area contributed by atoms with Gasteiger partial charge in [0.2, 0.25) is 5.91 Å². The maximum absolute atomic E-state index is 13.6. The molecule has 2 rings (SSSR count). The molecule has 9 nitrogen and oxygen atoms in total. The molecule has 0 radical (unpaired) electrons. The lowest BCUT2D eigenvalue weighted by Gasteiger charge is -2.23. The number of esters is 1. The molecule has 2 aromatic rings. The summed E-state index contributed by atoms with van der Waals surface area (Å²) in [7, 11) is -3.87. The number of amides is 1. The first-order valence-corrected chi connectivity index (χ1v) is 15.3. The summed E-state index contributed by atoms with van der Waals surface area (Å²) in [5.74, 6) is -1.13. The van der Waals surface area contributed by atoms with Crippen LogP contribution >= 0.6 is 7.60 Å². The van der Waals surface area contributed by atoms with Crippen LogP contribution in [-0.2, 0) is 34.6 Å². The zero-order chi connectivity index (χ0) is 29.7. The molecule has 2 aromatic carbocycles. The number of hydrogen-bond acceptors (Lipinski definition) is 8. The minimum Gasteiger partial charge on any atom is -0.464 e. The molecule has 0 saturated carbocycles. The van der Waals surface area contributed by atoms with Gasteiger partial charge in [0.15, 0.2) is 11.9 Å². The molecule has 0 aliphatic carbocycles. The van der Waals surface area contributed by atoms with Crippen LogP contribution in [0.25, 0.3) is 0 Å². The number of carbonyl (C=O) groups is 4. The van der Waals surface area contributed by atoms with Crippen molar-refractivity contribution in [3.05, 3.63) is 65.2 Å². The molecule has 1 amide bonds. The van der Waals surface area contributed by atoms with Gasteiger partial charge in [-0.1, -0.05) is 44.2 Å². The van der Waals surface area contributed by atoms with E-state index in [0.29, 0.717) is 29.2 Å². The Hall–Kier alpha value is -3.29. The molecule has 10 heteroatoms. The zero-order valence-electron chi connectivity index (χ0n) is 23.9. The normalized spacial score (nSPS) is 14.1. The first kappa shape index (κ1) is 32.9. The summed E-state index contributed by atoms with van der Waals surface area (Å²) in [4.78, 5) is 48.7. The van der Waals surface area contributed by atoms with Crippen molar-refractivity contribution in [2.75, 3.05) is 19.3 Å². The Morgan fingerprint density at radius 2 is 1.73 bits per heavy atom. The van der Waals surface area contributed by atoms with E-state index in [0.717, 1.165) is 11.8 Å². The summed E-state index contributed by atoms with van der Waals surface area (Å²) in [6.45, 7) is 9.01. The molecular formula is C30H40NO8P. The number of ketones is 1. The topological polar surface area (TPSA) is 125 Å². The molecule has 0 fully saturated rings. The smallest absolute Gasteiger partial charge is 0.381 e. The van der Waals surface area contributed by atoms with E-state index in [9.17, 15) is 23.7 Å². The highest BCUT2D eigenvalue weighted by molar-refractivity contribution is 7.54. The van der Waals surface area contributed by atoms with Crippen molar-refractivity contribution >= 4 is 31.5 Å². The highest BCUT2D eigenvalue weighted by atomic mass is 31.2. The summed E-state index contributed by atoms with van der Waals surface area (Å²) >= 11 is 0. The molecule has 40 heavy (non-hydrogen) atoms. The van der Waals surface area contributed by atoms with E-state index in [-0.39, 0.29) is 43.8 Å². The summed E-state index contributed by atoms with van der Waals surface area (Å²) in [5, 5.41) is 2.76. The number of aldehydes is 1. The van der Waals surface area contributed by atoms with Crippen molar-refractivity contribution in [2.45, 2.75) is 65.9 Å². The zero-order valence-corrected chi connectivity index (χ0v) is 24.8. The molecule has 0 aromatic heterocycles. The lowest BCUT2D eigenvalue weighted by Crippen LogP contribution is -2.32. The van der Waals surface area contributed by atoms with Gasteiger partial charge in [-0.05, 0) is 62.4 Å². The third-order valence-electron chi connectivity index (χ3n) is 6.05. The summed E-state index contributed by atoms with van der Waals surface area (Å²) in [6, 6.07) is 13.8. The molecule has 0 aliphatic rings. The molecule has 0 saturated heterocycles. The van der Waals surface area contributed by atoms with Crippen LogP contribution in [-0.4, -0.2) is 49.4 Å². The number of hydrogen-bond donors (Lipinski definition) is 1. The maximum Gasteiger partial charge on any atom is 0.381 e. The minimum atomic E-state index is -3.87. The van der Waals surface area contributed by atoms with E-state index < -0.39 is 25.6 Å². The molecule has 3 atom stereocenters. The van der Waals surface area contributed by atoms with Crippen molar-refractivity contribution in [3.8, 4) is 5.75 Å². The monoisotopic (exact) mass is 573 g/mol. The summed E-state index contributed by atoms with van der Waals surface area (Å²) in [6.07, 6.45) is 0.347. The Balaban J connectivity index is 2.15. The Kier molecular flexibility index (Phi) is 13.2. The van der Waals surface area contributed by atoms with Crippen LogP contribution in [0.15, 0.2) is 48.5 Å². The lowest BCUT2D eigenvalue weighted by atomic mass is 9.89. The molecular weight excluding hydrogens is 533 g/mol. The first-order valence-electron chi connectivity index (χ1n) is 13.6. The third-order valence-corrected chi connectivity index (χ3v) is 7.95. The number of benzene rings is 2. The van der Waals surface area contributed by atoms with E-state index in [4.69, 9.17) is 13.8 Å². The molecule has 0 aliphatic heterocycles. The van der Waals surface area contributed by atoms with Gasteiger partial charge in [-0.3, -0.25) is 14.1 Å². The van der Waals surface area contributed by atoms with Gasteiger partial charge in [0.25, 0.3) is 0 Å². The van der Waals surface area contributed by atoms with E-state index >= 15 is 0 Å². The SMILES string of the molecule is CCOC(=O)[C@H](C)OP(=O)(CCNC(=O)C(C)c1ccc(CC(C)C)c(C(=O)CCC=O)c1)Oc1ccccc1. The Morgan fingerprint density at radius 1 is 1.02 bits per heavy atom. The average molecular weight is 574 g/mol. The van der Waals surface area contributed by atoms with Gasteiger partial charge in [0, 0.05) is 24.9 Å².